The van der Waals surface area contributed by atoms with Crippen LogP contribution in [0.3, 0.4) is 0 Å². The van der Waals surface area contributed by atoms with Gasteiger partial charge in [0.2, 0.25) is 0 Å². The second-order valence-corrected chi connectivity index (χ2v) is 4.61. The van der Waals surface area contributed by atoms with E-state index < -0.39 is 5.97 Å². The average molecular weight is 259 g/mol. The van der Waals surface area contributed by atoms with Crippen LogP contribution in [0.1, 0.15) is 22.6 Å². The molecule has 0 saturated carbocycles. The molecule has 2 aromatic rings. The summed E-state index contributed by atoms with van der Waals surface area (Å²) in [4.78, 5) is 15.2. The lowest BCUT2D eigenvalue weighted by Gasteiger charge is -2.16. The predicted molar refractivity (Wildman–Crippen MR) is 66.7 cm³/mol. The number of carboxylic acid groups (broad SMARTS) is 1. The minimum Gasteiger partial charge on any atom is -0.478 e. The molecular weight excluding hydrogens is 246 g/mol. The van der Waals surface area contributed by atoms with Gasteiger partial charge in [0.1, 0.15) is 5.82 Å². The van der Waals surface area contributed by atoms with Crippen LogP contribution in [0.4, 0.5) is 0 Å². The van der Waals surface area contributed by atoms with Gasteiger partial charge >= 0.3 is 5.97 Å². The second-order valence-electron chi connectivity index (χ2n) is 4.61. The number of benzene rings is 1. The summed E-state index contributed by atoms with van der Waals surface area (Å²) >= 11 is 0. The molecule has 2 heterocycles. The van der Waals surface area contributed by atoms with E-state index in [0.717, 1.165) is 11.4 Å². The molecule has 0 spiro atoms. The van der Waals surface area contributed by atoms with E-state index in [1.165, 1.54) is 12.1 Å². The highest BCUT2D eigenvalue weighted by Crippen LogP contribution is 2.20. The van der Waals surface area contributed by atoms with E-state index in [2.05, 4.69) is 10.1 Å². The van der Waals surface area contributed by atoms with Gasteiger partial charge in [-0.1, -0.05) is 12.1 Å². The number of nitrogens with zero attached hydrogens (tertiary/aromatic N) is 3. The maximum atomic E-state index is 10.8. The summed E-state index contributed by atoms with van der Waals surface area (Å²) in [6.45, 7) is 0.468. The third kappa shape index (κ3) is 2.22. The summed E-state index contributed by atoms with van der Waals surface area (Å²) in [6.07, 6.45) is 1.05. The molecule has 1 atom stereocenters. The first-order valence-electron chi connectivity index (χ1n) is 6.09. The number of carbonyl (C=O) groups is 1. The van der Waals surface area contributed by atoms with Crippen LogP contribution in [0, 0.1) is 0 Å². The topological polar surface area (TPSA) is 88.2 Å². The van der Waals surface area contributed by atoms with Crippen molar-refractivity contribution in [2.45, 2.75) is 25.5 Å². The molecule has 19 heavy (non-hydrogen) atoms. The van der Waals surface area contributed by atoms with Gasteiger partial charge in [-0.15, -0.1) is 0 Å². The molecule has 0 saturated heterocycles. The maximum Gasteiger partial charge on any atom is 0.335 e. The van der Waals surface area contributed by atoms with Crippen molar-refractivity contribution < 1.29 is 15.0 Å². The Morgan fingerprint density at radius 1 is 1.32 bits per heavy atom. The number of aromatic nitrogens is 3. The Bertz CT molecular complexity index is 619. The van der Waals surface area contributed by atoms with Crippen molar-refractivity contribution in [3.63, 3.8) is 0 Å². The Hall–Kier alpha value is -2.21. The molecule has 6 heteroatoms. The number of aromatic carboxylic acids is 1. The number of rotatable bonds is 2. The molecule has 0 amide bonds. The van der Waals surface area contributed by atoms with Crippen LogP contribution in [-0.2, 0) is 13.0 Å². The number of hydrogen-bond donors (Lipinski definition) is 2. The lowest BCUT2D eigenvalue weighted by Crippen LogP contribution is -2.25. The molecule has 2 N–H and O–H groups in total. The maximum absolute atomic E-state index is 10.8. The lowest BCUT2D eigenvalue weighted by molar-refractivity contribution is 0.0697. The van der Waals surface area contributed by atoms with Crippen molar-refractivity contribution >= 4 is 5.97 Å². The first-order chi connectivity index (χ1) is 9.13. The third-order valence-electron chi connectivity index (χ3n) is 3.22. The minimum absolute atomic E-state index is 0.239. The Morgan fingerprint density at radius 2 is 2.05 bits per heavy atom. The Balaban J connectivity index is 1.92. The highest BCUT2D eigenvalue weighted by Gasteiger charge is 2.20. The number of aryl methyl sites for hydroxylation is 1. The van der Waals surface area contributed by atoms with Gasteiger partial charge in [0.25, 0.3) is 0 Å². The quantitative estimate of drug-likeness (QED) is 0.838. The van der Waals surface area contributed by atoms with E-state index in [-0.39, 0.29) is 11.7 Å². The SMILES string of the molecule is O=C(O)c1ccc(-c2nc3n(n2)CC(O)CC3)cc1. The normalized spacial score (nSPS) is 18.1. The molecule has 0 radical (unpaired) electrons. The summed E-state index contributed by atoms with van der Waals surface area (Å²) in [5, 5.41) is 22.8. The Kier molecular flexibility index (Phi) is 2.79. The zero-order valence-electron chi connectivity index (χ0n) is 10.2. The van der Waals surface area contributed by atoms with Crippen LogP contribution in [0.15, 0.2) is 24.3 Å². The van der Waals surface area contributed by atoms with Crippen molar-refractivity contribution in [1.29, 1.82) is 0 Å². The van der Waals surface area contributed by atoms with Crippen molar-refractivity contribution in [1.82, 2.24) is 14.8 Å². The van der Waals surface area contributed by atoms with E-state index in [0.29, 0.717) is 25.2 Å². The molecule has 1 aliphatic rings. The summed E-state index contributed by atoms with van der Waals surface area (Å²) < 4.78 is 1.72. The van der Waals surface area contributed by atoms with Crippen molar-refractivity contribution in [3.8, 4) is 11.4 Å². The van der Waals surface area contributed by atoms with Gasteiger partial charge < -0.3 is 10.2 Å². The second kappa shape index (κ2) is 4.47. The summed E-state index contributed by atoms with van der Waals surface area (Å²) in [5.41, 5.74) is 1.02. The molecule has 98 valence electrons. The molecule has 0 aliphatic carbocycles. The molecule has 6 nitrogen and oxygen atoms in total. The van der Waals surface area contributed by atoms with Gasteiger partial charge in [-0.3, -0.25) is 0 Å². The van der Waals surface area contributed by atoms with E-state index in [1.807, 2.05) is 0 Å². The smallest absolute Gasteiger partial charge is 0.335 e. The van der Waals surface area contributed by atoms with Gasteiger partial charge in [0, 0.05) is 12.0 Å². The summed E-state index contributed by atoms with van der Waals surface area (Å²) in [5.74, 6) is 0.482. The van der Waals surface area contributed by atoms with E-state index >= 15 is 0 Å². The van der Waals surface area contributed by atoms with E-state index in [9.17, 15) is 9.90 Å². The predicted octanol–water partition coefficient (Wildman–Crippen LogP) is 0.950. The van der Waals surface area contributed by atoms with E-state index in [1.54, 1.807) is 16.8 Å². The number of carboxylic acids is 1. The van der Waals surface area contributed by atoms with Gasteiger partial charge in [-0.05, 0) is 18.6 Å². The molecular formula is C13H13N3O3. The number of hydrogen-bond acceptors (Lipinski definition) is 4. The van der Waals surface area contributed by atoms with Crippen LogP contribution in [-0.4, -0.2) is 37.1 Å². The number of aliphatic hydroxyl groups is 1. The molecule has 1 aliphatic heterocycles. The fourth-order valence-corrected chi connectivity index (χ4v) is 2.18. The van der Waals surface area contributed by atoms with Gasteiger partial charge in [-0.2, -0.15) is 5.10 Å². The monoisotopic (exact) mass is 259 g/mol. The zero-order chi connectivity index (χ0) is 13.4. The standard InChI is InChI=1S/C13H13N3O3/c17-10-5-6-11-14-12(15-16(11)7-10)8-1-3-9(4-2-8)13(18)19/h1-4,10,17H,5-7H2,(H,18,19). The molecule has 0 fully saturated rings. The fourth-order valence-electron chi connectivity index (χ4n) is 2.18. The van der Waals surface area contributed by atoms with Crippen molar-refractivity contribution in [3.05, 3.63) is 35.7 Å². The molecule has 1 aromatic heterocycles. The van der Waals surface area contributed by atoms with Crippen LogP contribution < -0.4 is 0 Å². The van der Waals surface area contributed by atoms with Crippen LogP contribution in [0.5, 0.6) is 0 Å². The average Bonchev–Trinajstić information content (AvgIpc) is 2.81. The van der Waals surface area contributed by atoms with Gasteiger partial charge in [0.15, 0.2) is 5.82 Å². The summed E-state index contributed by atoms with van der Waals surface area (Å²) in [6, 6.07) is 6.46. The third-order valence-corrected chi connectivity index (χ3v) is 3.22. The number of fused-ring (bicyclic) bond motifs is 1. The highest BCUT2D eigenvalue weighted by molar-refractivity contribution is 5.88. The highest BCUT2D eigenvalue weighted by atomic mass is 16.4. The zero-order valence-corrected chi connectivity index (χ0v) is 10.2. The molecule has 1 unspecified atom stereocenters. The minimum atomic E-state index is -0.952. The molecule has 0 bridgehead atoms. The van der Waals surface area contributed by atoms with Gasteiger partial charge in [0.05, 0.1) is 18.2 Å². The summed E-state index contributed by atoms with van der Waals surface area (Å²) in [7, 11) is 0. The molecule has 1 aromatic carbocycles. The first kappa shape index (κ1) is 11.9. The van der Waals surface area contributed by atoms with Crippen LogP contribution >= 0.6 is 0 Å². The van der Waals surface area contributed by atoms with Crippen LogP contribution in [0.2, 0.25) is 0 Å². The Labute approximate surface area is 109 Å². The van der Waals surface area contributed by atoms with Gasteiger partial charge in [-0.25, -0.2) is 14.5 Å². The Morgan fingerprint density at radius 3 is 2.74 bits per heavy atom. The largest absolute Gasteiger partial charge is 0.478 e. The molecule has 3 rings (SSSR count). The fraction of sp³-hybridized carbons (Fsp3) is 0.308. The van der Waals surface area contributed by atoms with Crippen molar-refractivity contribution in [2.24, 2.45) is 0 Å². The first-order valence-corrected chi connectivity index (χ1v) is 6.09. The lowest BCUT2D eigenvalue weighted by atomic mass is 10.1. The van der Waals surface area contributed by atoms with E-state index in [4.69, 9.17) is 5.11 Å². The van der Waals surface area contributed by atoms with Crippen molar-refractivity contribution in [2.75, 3.05) is 0 Å². The number of aliphatic hydroxyl groups excluding tert-OH is 1. The van der Waals surface area contributed by atoms with Crippen LogP contribution in [0.25, 0.3) is 11.4 Å².